The normalized spacial score (nSPS) is 26.8. The second-order valence-electron chi connectivity index (χ2n) is 4.91. The fourth-order valence-corrected chi connectivity index (χ4v) is 4.70. The van der Waals surface area contributed by atoms with Crippen molar-refractivity contribution in [1.29, 1.82) is 0 Å². The third kappa shape index (κ3) is 5.37. The number of hydrogen-bond acceptors (Lipinski definition) is 6. The van der Waals surface area contributed by atoms with E-state index in [0.717, 1.165) is 11.8 Å². The van der Waals surface area contributed by atoms with E-state index in [-0.39, 0.29) is 28.9 Å². The lowest BCUT2D eigenvalue weighted by atomic mass is 10.0. The van der Waals surface area contributed by atoms with Crippen LogP contribution >= 0.6 is 11.8 Å². The molecule has 9 heteroatoms. The highest BCUT2D eigenvalue weighted by atomic mass is 32.2. The van der Waals surface area contributed by atoms with E-state index in [0.29, 0.717) is 6.42 Å². The van der Waals surface area contributed by atoms with Crippen molar-refractivity contribution in [2.75, 3.05) is 23.0 Å². The summed E-state index contributed by atoms with van der Waals surface area (Å²) in [4.78, 5) is 22.1. The third-order valence-electron chi connectivity index (χ3n) is 2.79. The number of carboxylic acid groups (broad SMARTS) is 1. The number of carboxylic acids is 1. The Balaban J connectivity index is 2.34. The molecular weight excluding hydrogens is 292 g/mol. The number of amides is 1. The zero-order valence-electron chi connectivity index (χ0n) is 10.6. The number of hydrogen-bond donors (Lipinski definition) is 3. The van der Waals surface area contributed by atoms with Crippen LogP contribution in [0.1, 0.15) is 13.3 Å². The zero-order valence-corrected chi connectivity index (χ0v) is 12.2. The van der Waals surface area contributed by atoms with Crippen molar-refractivity contribution in [2.45, 2.75) is 24.9 Å². The maximum Gasteiger partial charge on any atom is 0.321 e. The van der Waals surface area contributed by atoms with E-state index in [1.165, 1.54) is 0 Å². The number of nitrogens with two attached hydrogens (primary N) is 1. The molecule has 1 amide bonds. The van der Waals surface area contributed by atoms with Crippen LogP contribution in [0, 0.1) is 0 Å². The van der Waals surface area contributed by atoms with Gasteiger partial charge >= 0.3 is 5.97 Å². The molecule has 110 valence electrons. The van der Waals surface area contributed by atoms with Crippen molar-refractivity contribution in [3.05, 3.63) is 0 Å². The summed E-state index contributed by atoms with van der Waals surface area (Å²) in [5.74, 6) is -1.18. The molecule has 2 unspecified atom stereocenters. The molecule has 1 saturated heterocycles. The first-order valence-electron chi connectivity index (χ1n) is 5.71. The van der Waals surface area contributed by atoms with Crippen LogP contribution in [0.5, 0.6) is 0 Å². The van der Waals surface area contributed by atoms with E-state index >= 15 is 0 Å². The molecule has 1 aliphatic heterocycles. The van der Waals surface area contributed by atoms with Crippen molar-refractivity contribution in [2.24, 2.45) is 5.73 Å². The molecule has 0 aliphatic carbocycles. The van der Waals surface area contributed by atoms with Gasteiger partial charge in [0.2, 0.25) is 5.91 Å². The Labute approximate surface area is 116 Å². The first-order chi connectivity index (χ1) is 8.64. The highest BCUT2D eigenvalue weighted by Gasteiger charge is 2.39. The van der Waals surface area contributed by atoms with Gasteiger partial charge in [-0.15, -0.1) is 11.8 Å². The highest BCUT2D eigenvalue weighted by Crippen LogP contribution is 2.22. The summed E-state index contributed by atoms with van der Waals surface area (Å²) < 4.78 is 22.7. The SMILES string of the molecule is CC1(NC(=O)CSCC(N)C(=O)O)CCS(=O)(=O)C1. The largest absolute Gasteiger partial charge is 0.480 e. The van der Waals surface area contributed by atoms with E-state index in [9.17, 15) is 18.0 Å². The molecule has 7 nitrogen and oxygen atoms in total. The summed E-state index contributed by atoms with van der Waals surface area (Å²) in [5, 5.41) is 11.3. The molecule has 2 atom stereocenters. The van der Waals surface area contributed by atoms with Crippen LogP contribution in [-0.4, -0.2) is 60.0 Å². The van der Waals surface area contributed by atoms with Gasteiger partial charge in [-0.25, -0.2) is 8.42 Å². The molecule has 0 spiro atoms. The maximum atomic E-state index is 11.7. The first kappa shape index (κ1) is 16.3. The van der Waals surface area contributed by atoms with Gasteiger partial charge in [-0.1, -0.05) is 0 Å². The molecule has 1 rings (SSSR count). The molecule has 0 aromatic carbocycles. The summed E-state index contributed by atoms with van der Waals surface area (Å²) in [6.07, 6.45) is 0.403. The molecule has 0 bridgehead atoms. The monoisotopic (exact) mass is 310 g/mol. The molecule has 0 radical (unpaired) electrons. The Morgan fingerprint density at radius 3 is 2.63 bits per heavy atom. The van der Waals surface area contributed by atoms with E-state index in [4.69, 9.17) is 10.8 Å². The van der Waals surface area contributed by atoms with Crippen LogP contribution in [-0.2, 0) is 19.4 Å². The van der Waals surface area contributed by atoms with Crippen molar-refractivity contribution in [3.8, 4) is 0 Å². The van der Waals surface area contributed by atoms with Gasteiger partial charge in [0, 0.05) is 5.75 Å². The Morgan fingerprint density at radius 2 is 2.16 bits per heavy atom. The molecule has 4 N–H and O–H groups in total. The lowest BCUT2D eigenvalue weighted by Crippen LogP contribution is -2.47. The second-order valence-corrected chi connectivity index (χ2v) is 8.13. The van der Waals surface area contributed by atoms with Crippen LogP contribution < -0.4 is 11.1 Å². The molecule has 1 fully saturated rings. The average molecular weight is 310 g/mol. The predicted octanol–water partition coefficient (Wildman–Crippen LogP) is -1.18. The highest BCUT2D eigenvalue weighted by molar-refractivity contribution is 8.00. The molecule has 1 heterocycles. The first-order valence-corrected chi connectivity index (χ1v) is 8.69. The third-order valence-corrected chi connectivity index (χ3v) is 5.76. The molecule has 0 saturated carbocycles. The van der Waals surface area contributed by atoms with E-state index in [2.05, 4.69) is 5.32 Å². The van der Waals surface area contributed by atoms with Gasteiger partial charge in [0.25, 0.3) is 0 Å². The Hall–Kier alpha value is -0.800. The summed E-state index contributed by atoms with van der Waals surface area (Å²) in [6, 6.07) is -1.000. The lowest BCUT2D eigenvalue weighted by Gasteiger charge is -2.23. The maximum absolute atomic E-state index is 11.7. The Kier molecular flexibility index (Phi) is 5.22. The number of sulfone groups is 1. The number of thioether (sulfide) groups is 1. The van der Waals surface area contributed by atoms with Gasteiger partial charge in [0.15, 0.2) is 9.84 Å². The van der Waals surface area contributed by atoms with Crippen molar-refractivity contribution in [3.63, 3.8) is 0 Å². The summed E-state index contributed by atoms with van der Waals surface area (Å²) in [5.41, 5.74) is 4.58. The van der Waals surface area contributed by atoms with E-state index in [1.54, 1.807) is 6.92 Å². The Morgan fingerprint density at radius 1 is 1.53 bits per heavy atom. The van der Waals surface area contributed by atoms with Gasteiger partial charge in [-0.2, -0.15) is 0 Å². The smallest absolute Gasteiger partial charge is 0.321 e. The predicted molar refractivity (Wildman–Crippen MR) is 72.8 cm³/mol. The summed E-state index contributed by atoms with van der Waals surface area (Å²) in [6.45, 7) is 1.70. The fraction of sp³-hybridized carbons (Fsp3) is 0.800. The van der Waals surface area contributed by atoms with Gasteiger partial charge in [0.1, 0.15) is 6.04 Å². The molecule has 0 aromatic rings. The number of rotatable bonds is 6. The minimum Gasteiger partial charge on any atom is -0.480 e. The minimum atomic E-state index is -3.06. The summed E-state index contributed by atoms with van der Waals surface area (Å²) >= 11 is 1.11. The van der Waals surface area contributed by atoms with E-state index in [1.807, 2.05) is 0 Å². The van der Waals surface area contributed by atoms with Crippen LogP contribution in [0.25, 0.3) is 0 Å². The Bertz CT molecular complexity index is 465. The number of nitrogens with one attached hydrogen (secondary N) is 1. The lowest BCUT2D eigenvalue weighted by molar-refractivity contribution is -0.138. The number of carbonyl (C=O) groups excluding carboxylic acids is 1. The van der Waals surface area contributed by atoms with Crippen molar-refractivity contribution < 1.29 is 23.1 Å². The number of carbonyl (C=O) groups is 2. The van der Waals surface area contributed by atoms with Crippen LogP contribution in [0.3, 0.4) is 0 Å². The topological polar surface area (TPSA) is 127 Å². The average Bonchev–Trinajstić information content (AvgIpc) is 2.52. The fourth-order valence-electron chi connectivity index (χ4n) is 1.83. The zero-order chi connectivity index (χ0) is 14.7. The van der Waals surface area contributed by atoms with Crippen molar-refractivity contribution in [1.82, 2.24) is 5.32 Å². The van der Waals surface area contributed by atoms with Gasteiger partial charge in [-0.05, 0) is 13.3 Å². The minimum absolute atomic E-state index is 0.0505. The van der Waals surface area contributed by atoms with Gasteiger partial charge in [0.05, 0.1) is 22.8 Å². The summed E-state index contributed by atoms with van der Waals surface area (Å²) in [7, 11) is -3.06. The molecular formula is C10H18N2O5S2. The molecule has 19 heavy (non-hydrogen) atoms. The molecule has 0 aromatic heterocycles. The molecule has 1 aliphatic rings. The van der Waals surface area contributed by atoms with Gasteiger partial charge in [-0.3, -0.25) is 9.59 Å². The second kappa shape index (κ2) is 6.10. The van der Waals surface area contributed by atoms with Crippen LogP contribution in [0.2, 0.25) is 0 Å². The number of aliphatic carboxylic acids is 1. The van der Waals surface area contributed by atoms with Gasteiger partial charge < -0.3 is 16.2 Å². The standard InChI is InChI=1S/C10H18N2O5S2/c1-10(2-3-19(16,17)6-10)12-8(13)5-18-4-7(11)9(14)15/h7H,2-6,11H2,1H3,(H,12,13)(H,14,15). The van der Waals surface area contributed by atoms with Crippen molar-refractivity contribution >= 4 is 33.5 Å². The van der Waals surface area contributed by atoms with Crippen LogP contribution in [0.15, 0.2) is 0 Å². The van der Waals surface area contributed by atoms with Crippen LogP contribution in [0.4, 0.5) is 0 Å². The van der Waals surface area contributed by atoms with E-state index < -0.39 is 27.4 Å². The quantitative estimate of drug-likeness (QED) is 0.564.